The SMILES string of the molecule is C[C@H]1C2CC(C[C@@H]1O)C(C)(C)O[C@H]2c1ccc(OC2CCCC2)cc1. The van der Waals surface area contributed by atoms with Crippen LogP contribution in [-0.4, -0.2) is 22.9 Å². The first-order chi connectivity index (χ1) is 11.9. The van der Waals surface area contributed by atoms with Crippen molar-refractivity contribution in [1.29, 1.82) is 0 Å². The van der Waals surface area contributed by atoms with E-state index in [-0.39, 0.29) is 23.7 Å². The van der Waals surface area contributed by atoms with E-state index < -0.39 is 0 Å². The van der Waals surface area contributed by atoms with Crippen molar-refractivity contribution in [3.63, 3.8) is 0 Å². The second-order valence-electron chi connectivity index (χ2n) is 8.99. The molecule has 1 heterocycles. The fraction of sp³-hybridized carbons (Fsp3) is 0.727. The Morgan fingerprint density at radius 1 is 1.08 bits per heavy atom. The number of aliphatic hydroxyl groups excluding tert-OH is 1. The molecule has 138 valence electrons. The molecule has 0 spiro atoms. The van der Waals surface area contributed by atoms with E-state index in [1.165, 1.54) is 31.2 Å². The summed E-state index contributed by atoms with van der Waals surface area (Å²) < 4.78 is 12.7. The predicted octanol–water partition coefficient (Wildman–Crippen LogP) is 4.88. The molecule has 3 aliphatic rings. The zero-order valence-electron chi connectivity index (χ0n) is 15.8. The topological polar surface area (TPSA) is 38.7 Å². The van der Waals surface area contributed by atoms with E-state index >= 15 is 0 Å². The number of fused-ring (bicyclic) bond motifs is 2. The maximum atomic E-state index is 10.5. The molecule has 5 atom stereocenters. The van der Waals surface area contributed by atoms with Gasteiger partial charge >= 0.3 is 0 Å². The normalized spacial score (nSPS) is 37.8. The fourth-order valence-electron chi connectivity index (χ4n) is 5.16. The van der Waals surface area contributed by atoms with Gasteiger partial charge in [0, 0.05) is 0 Å². The molecule has 2 aliphatic carbocycles. The second kappa shape index (κ2) is 6.59. The number of ether oxygens (including phenoxy) is 2. The van der Waals surface area contributed by atoms with E-state index in [1.54, 1.807) is 0 Å². The summed E-state index contributed by atoms with van der Waals surface area (Å²) in [6, 6.07) is 8.53. The second-order valence-corrected chi connectivity index (χ2v) is 8.99. The van der Waals surface area contributed by atoms with Gasteiger partial charge in [-0.1, -0.05) is 19.1 Å². The number of rotatable bonds is 3. The Hall–Kier alpha value is -1.06. The lowest BCUT2D eigenvalue weighted by atomic mass is 9.63. The minimum Gasteiger partial charge on any atom is -0.490 e. The van der Waals surface area contributed by atoms with Crippen molar-refractivity contribution in [2.75, 3.05) is 0 Å². The molecule has 3 heteroatoms. The van der Waals surface area contributed by atoms with E-state index in [2.05, 4.69) is 45.0 Å². The molecule has 0 radical (unpaired) electrons. The molecular weight excluding hydrogens is 312 g/mol. The molecule has 3 fully saturated rings. The van der Waals surface area contributed by atoms with Crippen LogP contribution in [0.3, 0.4) is 0 Å². The summed E-state index contributed by atoms with van der Waals surface area (Å²) in [5, 5.41) is 10.5. The highest BCUT2D eigenvalue weighted by Crippen LogP contribution is 2.53. The van der Waals surface area contributed by atoms with Crippen molar-refractivity contribution in [3.8, 4) is 5.75 Å². The molecule has 0 amide bonds. The fourth-order valence-corrected chi connectivity index (χ4v) is 5.16. The molecule has 25 heavy (non-hydrogen) atoms. The summed E-state index contributed by atoms with van der Waals surface area (Å²) in [7, 11) is 0. The lowest BCUT2D eigenvalue weighted by molar-refractivity contribution is -0.215. The molecule has 1 aromatic rings. The van der Waals surface area contributed by atoms with Crippen molar-refractivity contribution in [3.05, 3.63) is 29.8 Å². The summed E-state index contributed by atoms with van der Waals surface area (Å²) >= 11 is 0. The van der Waals surface area contributed by atoms with Gasteiger partial charge < -0.3 is 14.6 Å². The quantitative estimate of drug-likeness (QED) is 0.849. The maximum Gasteiger partial charge on any atom is 0.119 e. The predicted molar refractivity (Wildman–Crippen MR) is 98.6 cm³/mol. The Morgan fingerprint density at radius 2 is 1.76 bits per heavy atom. The van der Waals surface area contributed by atoms with Gasteiger partial charge in [0.2, 0.25) is 0 Å². The molecule has 1 aromatic carbocycles. The Bertz CT molecular complexity index is 588. The van der Waals surface area contributed by atoms with Crippen LogP contribution in [0.4, 0.5) is 0 Å². The van der Waals surface area contributed by atoms with Gasteiger partial charge in [-0.2, -0.15) is 0 Å². The first-order valence-electron chi connectivity index (χ1n) is 10.1. The Labute approximate surface area is 151 Å². The van der Waals surface area contributed by atoms with Crippen molar-refractivity contribution >= 4 is 0 Å². The Balaban J connectivity index is 1.53. The minimum absolute atomic E-state index is 0.0664. The number of aliphatic hydroxyl groups is 1. The largest absolute Gasteiger partial charge is 0.490 e. The molecule has 1 aliphatic heterocycles. The first kappa shape index (κ1) is 17.4. The van der Waals surface area contributed by atoms with Crippen molar-refractivity contribution in [2.24, 2.45) is 17.8 Å². The van der Waals surface area contributed by atoms with Gasteiger partial charge in [0.25, 0.3) is 0 Å². The van der Waals surface area contributed by atoms with Crippen LogP contribution < -0.4 is 4.74 Å². The third kappa shape index (κ3) is 3.33. The van der Waals surface area contributed by atoms with E-state index in [0.29, 0.717) is 17.9 Å². The molecule has 3 nitrogen and oxygen atoms in total. The Kier molecular flexibility index (Phi) is 4.57. The third-order valence-corrected chi connectivity index (χ3v) is 6.98. The summed E-state index contributed by atoms with van der Waals surface area (Å²) in [5.41, 5.74) is 1.04. The molecule has 1 saturated heterocycles. The lowest BCUT2D eigenvalue weighted by Gasteiger charge is -2.53. The van der Waals surface area contributed by atoms with Gasteiger partial charge in [0.05, 0.1) is 23.9 Å². The third-order valence-electron chi connectivity index (χ3n) is 6.98. The zero-order chi connectivity index (χ0) is 17.6. The number of benzene rings is 1. The highest BCUT2D eigenvalue weighted by molar-refractivity contribution is 5.30. The summed E-state index contributed by atoms with van der Waals surface area (Å²) in [6.45, 7) is 6.54. The molecular formula is C22H32O3. The van der Waals surface area contributed by atoms with Crippen LogP contribution in [0.25, 0.3) is 0 Å². The lowest BCUT2D eigenvalue weighted by Crippen LogP contribution is -2.52. The van der Waals surface area contributed by atoms with Crippen LogP contribution in [0.1, 0.15) is 71.0 Å². The van der Waals surface area contributed by atoms with Crippen LogP contribution >= 0.6 is 0 Å². The Morgan fingerprint density at radius 3 is 2.44 bits per heavy atom. The van der Waals surface area contributed by atoms with Gasteiger partial charge in [0.1, 0.15) is 5.75 Å². The van der Waals surface area contributed by atoms with Gasteiger partial charge in [-0.25, -0.2) is 0 Å². The van der Waals surface area contributed by atoms with Crippen molar-refractivity contribution in [2.45, 2.75) is 83.2 Å². The molecule has 2 bridgehead atoms. The average Bonchev–Trinajstić information content (AvgIpc) is 3.08. The van der Waals surface area contributed by atoms with Gasteiger partial charge in [0.15, 0.2) is 0 Å². The zero-order valence-corrected chi connectivity index (χ0v) is 15.8. The molecule has 0 aromatic heterocycles. The number of hydrogen-bond donors (Lipinski definition) is 1. The van der Waals surface area contributed by atoms with Crippen molar-refractivity contribution < 1.29 is 14.6 Å². The highest BCUT2D eigenvalue weighted by Gasteiger charge is 2.50. The highest BCUT2D eigenvalue weighted by atomic mass is 16.5. The smallest absolute Gasteiger partial charge is 0.119 e. The summed E-state index contributed by atoms with van der Waals surface area (Å²) in [5.74, 6) is 2.10. The first-order valence-corrected chi connectivity index (χ1v) is 10.1. The average molecular weight is 344 g/mol. The van der Waals surface area contributed by atoms with Crippen LogP contribution in [0.5, 0.6) is 5.75 Å². The molecule has 2 unspecified atom stereocenters. The van der Waals surface area contributed by atoms with Gasteiger partial charge in [-0.15, -0.1) is 0 Å². The monoisotopic (exact) mass is 344 g/mol. The van der Waals surface area contributed by atoms with E-state index in [4.69, 9.17) is 9.47 Å². The summed E-state index contributed by atoms with van der Waals surface area (Å²) in [4.78, 5) is 0. The van der Waals surface area contributed by atoms with Crippen molar-refractivity contribution in [1.82, 2.24) is 0 Å². The van der Waals surface area contributed by atoms with E-state index in [0.717, 1.165) is 18.6 Å². The van der Waals surface area contributed by atoms with Gasteiger partial charge in [-0.3, -0.25) is 0 Å². The van der Waals surface area contributed by atoms with Crippen LogP contribution in [0.2, 0.25) is 0 Å². The molecule has 4 rings (SSSR count). The summed E-state index contributed by atoms with van der Waals surface area (Å²) in [6.07, 6.45) is 7.21. The standard InChI is InChI=1S/C22H32O3/c1-14-19-12-16(13-20(14)23)22(2,3)25-21(19)15-8-10-18(11-9-15)24-17-6-4-5-7-17/h8-11,14,16-17,19-21,23H,4-7,12-13H2,1-3H3/t14-,16?,19?,20-,21-/m0/s1. The minimum atomic E-state index is -0.209. The van der Waals surface area contributed by atoms with E-state index in [1.807, 2.05) is 0 Å². The van der Waals surface area contributed by atoms with Gasteiger partial charge in [-0.05, 0) is 87.8 Å². The maximum absolute atomic E-state index is 10.5. The molecule has 2 saturated carbocycles. The molecule has 1 N–H and O–H groups in total. The van der Waals surface area contributed by atoms with Crippen LogP contribution in [0.15, 0.2) is 24.3 Å². The van der Waals surface area contributed by atoms with E-state index in [9.17, 15) is 5.11 Å². The van der Waals surface area contributed by atoms with Crippen LogP contribution in [-0.2, 0) is 4.74 Å². The van der Waals surface area contributed by atoms with Crippen LogP contribution in [0, 0.1) is 17.8 Å². The number of hydrogen-bond acceptors (Lipinski definition) is 3.